The molecule has 0 saturated heterocycles. The fraction of sp³-hybridized carbons (Fsp3) is 0.143. The van der Waals surface area contributed by atoms with Crippen LogP contribution in [0, 0.1) is 15.9 Å². The Labute approximate surface area is 115 Å². The molecule has 0 bridgehead atoms. The number of nitrogen functional groups attached to an aromatic ring is 1. The molecule has 2 aromatic rings. The van der Waals surface area contributed by atoms with Crippen LogP contribution in [0.4, 0.5) is 27.1 Å². The van der Waals surface area contributed by atoms with Gasteiger partial charge in [-0.2, -0.15) is 0 Å². The molecule has 0 saturated carbocycles. The second-order valence-electron chi connectivity index (χ2n) is 4.22. The van der Waals surface area contributed by atoms with Crippen molar-refractivity contribution in [3.63, 3.8) is 0 Å². The molecule has 6 heteroatoms. The van der Waals surface area contributed by atoms with Crippen LogP contribution in [0.1, 0.15) is 6.92 Å². The summed E-state index contributed by atoms with van der Waals surface area (Å²) >= 11 is 0. The number of halogens is 1. The number of nitrogens with two attached hydrogens (primary N) is 1. The Balaban J connectivity index is 2.41. The van der Waals surface area contributed by atoms with Gasteiger partial charge in [-0.3, -0.25) is 10.1 Å². The van der Waals surface area contributed by atoms with Gasteiger partial charge in [0.05, 0.1) is 16.3 Å². The van der Waals surface area contributed by atoms with Gasteiger partial charge in [-0.15, -0.1) is 0 Å². The van der Waals surface area contributed by atoms with Crippen molar-refractivity contribution < 1.29 is 9.31 Å². The van der Waals surface area contributed by atoms with Gasteiger partial charge in [-0.05, 0) is 37.3 Å². The Bertz CT molecular complexity index is 629. The monoisotopic (exact) mass is 275 g/mol. The molecule has 20 heavy (non-hydrogen) atoms. The minimum Gasteiger partial charge on any atom is -0.397 e. The van der Waals surface area contributed by atoms with Crippen molar-refractivity contribution in [2.45, 2.75) is 6.92 Å². The van der Waals surface area contributed by atoms with Crippen molar-refractivity contribution in [3.8, 4) is 0 Å². The number of nitrogens with zero attached hydrogens (tertiary/aromatic N) is 2. The number of benzene rings is 2. The van der Waals surface area contributed by atoms with Crippen LogP contribution >= 0.6 is 0 Å². The van der Waals surface area contributed by atoms with Gasteiger partial charge in [0.1, 0.15) is 5.82 Å². The molecular formula is C14H14FN3O2. The molecule has 2 aromatic carbocycles. The van der Waals surface area contributed by atoms with E-state index in [1.807, 2.05) is 11.8 Å². The summed E-state index contributed by atoms with van der Waals surface area (Å²) in [5.41, 5.74) is 7.57. The Kier molecular flexibility index (Phi) is 3.84. The van der Waals surface area contributed by atoms with Gasteiger partial charge in [-0.1, -0.05) is 0 Å². The maximum absolute atomic E-state index is 13.0. The van der Waals surface area contributed by atoms with Gasteiger partial charge in [0, 0.05) is 24.4 Å². The van der Waals surface area contributed by atoms with E-state index in [4.69, 9.17) is 5.73 Å². The van der Waals surface area contributed by atoms with E-state index >= 15 is 0 Å². The first-order chi connectivity index (χ1) is 9.52. The van der Waals surface area contributed by atoms with Crippen LogP contribution in [0.5, 0.6) is 0 Å². The summed E-state index contributed by atoms with van der Waals surface area (Å²) in [4.78, 5) is 12.1. The Morgan fingerprint density at radius 2 is 1.90 bits per heavy atom. The van der Waals surface area contributed by atoms with Crippen molar-refractivity contribution in [2.75, 3.05) is 17.2 Å². The van der Waals surface area contributed by atoms with E-state index in [2.05, 4.69) is 0 Å². The van der Waals surface area contributed by atoms with Crippen LogP contribution in [-0.2, 0) is 0 Å². The molecule has 0 radical (unpaired) electrons. The van der Waals surface area contributed by atoms with Gasteiger partial charge in [0.15, 0.2) is 0 Å². The number of nitro groups is 1. The molecule has 5 nitrogen and oxygen atoms in total. The maximum Gasteiger partial charge on any atom is 0.271 e. The second kappa shape index (κ2) is 5.56. The van der Waals surface area contributed by atoms with Crippen LogP contribution in [0.15, 0.2) is 42.5 Å². The highest BCUT2D eigenvalue weighted by molar-refractivity contribution is 5.76. The van der Waals surface area contributed by atoms with E-state index in [1.54, 1.807) is 18.2 Å². The Morgan fingerprint density at radius 1 is 1.25 bits per heavy atom. The van der Waals surface area contributed by atoms with E-state index in [9.17, 15) is 14.5 Å². The molecule has 0 aliphatic carbocycles. The smallest absolute Gasteiger partial charge is 0.271 e. The molecule has 0 aliphatic heterocycles. The largest absolute Gasteiger partial charge is 0.397 e. The van der Waals surface area contributed by atoms with Crippen molar-refractivity contribution >= 4 is 22.7 Å². The Hall–Kier alpha value is -2.63. The molecule has 0 aromatic heterocycles. The molecule has 2 N–H and O–H groups in total. The normalized spacial score (nSPS) is 10.3. The van der Waals surface area contributed by atoms with Crippen LogP contribution in [0.3, 0.4) is 0 Å². The molecule has 0 spiro atoms. The number of rotatable bonds is 4. The van der Waals surface area contributed by atoms with E-state index in [0.717, 1.165) is 5.69 Å². The average molecular weight is 275 g/mol. The van der Waals surface area contributed by atoms with Crippen LogP contribution in [-0.4, -0.2) is 11.5 Å². The summed E-state index contributed by atoms with van der Waals surface area (Å²) < 4.78 is 13.0. The predicted molar refractivity (Wildman–Crippen MR) is 76.6 cm³/mol. The highest BCUT2D eigenvalue weighted by atomic mass is 19.1. The standard InChI is InChI=1S/C14H14FN3O2/c1-2-17(11-5-3-10(15)4-6-11)14-8-7-12(18(19)20)9-13(14)16/h3-9H,2,16H2,1H3. The van der Waals surface area contributed by atoms with Crippen molar-refractivity contribution in [2.24, 2.45) is 0 Å². The lowest BCUT2D eigenvalue weighted by atomic mass is 10.2. The van der Waals surface area contributed by atoms with Gasteiger partial charge in [-0.25, -0.2) is 4.39 Å². The molecule has 0 amide bonds. The number of nitro benzene ring substituents is 1. The zero-order valence-electron chi connectivity index (χ0n) is 10.9. The first kappa shape index (κ1) is 13.8. The quantitative estimate of drug-likeness (QED) is 0.526. The third kappa shape index (κ3) is 2.69. The summed E-state index contributed by atoms with van der Waals surface area (Å²) in [6, 6.07) is 10.3. The molecule has 0 heterocycles. The van der Waals surface area contributed by atoms with E-state index in [-0.39, 0.29) is 11.5 Å². The first-order valence-electron chi connectivity index (χ1n) is 6.10. The van der Waals surface area contributed by atoms with Crippen LogP contribution in [0.2, 0.25) is 0 Å². The lowest BCUT2D eigenvalue weighted by molar-refractivity contribution is -0.384. The number of anilines is 3. The molecule has 0 atom stereocenters. The summed E-state index contributed by atoms with van der Waals surface area (Å²) in [5.74, 6) is -0.318. The van der Waals surface area contributed by atoms with Crippen LogP contribution in [0.25, 0.3) is 0 Å². The molecule has 0 aliphatic rings. The van der Waals surface area contributed by atoms with Crippen molar-refractivity contribution in [3.05, 3.63) is 58.4 Å². The lowest BCUT2D eigenvalue weighted by Gasteiger charge is -2.24. The van der Waals surface area contributed by atoms with Gasteiger partial charge in [0.2, 0.25) is 0 Å². The Morgan fingerprint density at radius 3 is 2.40 bits per heavy atom. The summed E-state index contributed by atoms with van der Waals surface area (Å²) in [5, 5.41) is 10.7. The molecule has 104 valence electrons. The molecule has 0 fully saturated rings. The molecule has 2 rings (SSSR count). The van der Waals surface area contributed by atoms with Crippen molar-refractivity contribution in [1.82, 2.24) is 0 Å². The SMILES string of the molecule is CCN(c1ccc(F)cc1)c1ccc([N+](=O)[O-])cc1N. The highest BCUT2D eigenvalue weighted by Gasteiger charge is 2.14. The van der Waals surface area contributed by atoms with Gasteiger partial charge < -0.3 is 10.6 Å². The van der Waals surface area contributed by atoms with E-state index in [1.165, 1.54) is 24.3 Å². The predicted octanol–water partition coefficient (Wildman–Crippen LogP) is 3.47. The summed E-state index contributed by atoms with van der Waals surface area (Å²) in [6.45, 7) is 2.53. The number of non-ortho nitro benzene ring substituents is 1. The fourth-order valence-corrected chi connectivity index (χ4v) is 2.01. The second-order valence-corrected chi connectivity index (χ2v) is 4.22. The lowest BCUT2D eigenvalue weighted by Crippen LogP contribution is -2.17. The average Bonchev–Trinajstić information content (AvgIpc) is 2.43. The third-order valence-corrected chi connectivity index (χ3v) is 2.97. The first-order valence-corrected chi connectivity index (χ1v) is 6.10. The van der Waals surface area contributed by atoms with Crippen LogP contribution < -0.4 is 10.6 Å². The van der Waals surface area contributed by atoms with Gasteiger partial charge in [0.25, 0.3) is 5.69 Å². The minimum atomic E-state index is -0.492. The zero-order valence-corrected chi connectivity index (χ0v) is 10.9. The van der Waals surface area contributed by atoms with E-state index in [0.29, 0.717) is 17.9 Å². The molecular weight excluding hydrogens is 261 g/mol. The summed E-state index contributed by atoms with van der Waals surface area (Å²) in [7, 11) is 0. The number of hydrogen-bond donors (Lipinski definition) is 1. The maximum atomic E-state index is 13.0. The topological polar surface area (TPSA) is 72.4 Å². The molecule has 0 unspecified atom stereocenters. The van der Waals surface area contributed by atoms with Gasteiger partial charge >= 0.3 is 0 Å². The minimum absolute atomic E-state index is 0.0543. The van der Waals surface area contributed by atoms with E-state index < -0.39 is 4.92 Å². The van der Waals surface area contributed by atoms with Crippen molar-refractivity contribution in [1.29, 1.82) is 0 Å². The number of hydrogen-bond acceptors (Lipinski definition) is 4. The fourth-order valence-electron chi connectivity index (χ4n) is 2.01. The summed E-state index contributed by atoms with van der Waals surface area (Å²) in [6.07, 6.45) is 0. The zero-order chi connectivity index (χ0) is 14.7. The highest BCUT2D eigenvalue weighted by Crippen LogP contribution is 2.32. The third-order valence-electron chi connectivity index (χ3n) is 2.97.